The van der Waals surface area contributed by atoms with Gasteiger partial charge in [-0.25, -0.2) is 4.79 Å². The van der Waals surface area contributed by atoms with Crippen LogP contribution in [0.5, 0.6) is 0 Å². The average molecular weight is 264 g/mol. The highest BCUT2D eigenvalue weighted by Crippen LogP contribution is 1.90. The number of hydrogen-bond acceptors (Lipinski definition) is 5. The lowest BCUT2D eigenvalue weighted by atomic mass is 10.5. The molecule has 0 radical (unpaired) electrons. The SMILES string of the molecule is CCN(CCOCCO)C(=O)NCCOCCO. The second kappa shape index (κ2) is 12.6. The smallest absolute Gasteiger partial charge is 0.317 e. The van der Waals surface area contributed by atoms with E-state index in [1.165, 1.54) is 0 Å². The third-order valence-corrected chi connectivity index (χ3v) is 2.17. The number of rotatable bonds is 11. The highest BCUT2D eigenvalue weighted by Gasteiger charge is 2.09. The lowest BCUT2D eigenvalue weighted by Gasteiger charge is -2.21. The van der Waals surface area contributed by atoms with Crippen molar-refractivity contribution in [3.63, 3.8) is 0 Å². The summed E-state index contributed by atoms with van der Waals surface area (Å²) in [5.41, 5.74) is 0. The molecule has 0 aliphatic carbocycles. The number of aliphatic hydroxyl groups is 2. The minimum atomic E-state index is -0.169. The van der Waals surface area contributed by atoms with E-state index in [1.807, 2.05) is 6.92 Å². The highest BCUT2D eigenvalue weighted by atomic mass is 16.5. The largest absolute Gasteiger partial charge is 0.394 e. The van der Waals surface area contributed by atoms with Crippen LogP contribution in [-0.4, -0.2) is 80.4 Å². The van der Waals surface area contributed by atoms with Gasteiger partial charge in [0.05, 0.1) is 39.6 Å². The molecule has 18 heavy (non-hydrogen) atoms. The number of carbonyl (C=O) groups is 1. The number of amides is 2. The van der Waals surface area contributed by atoms with Gasteiger partial charge in [0, 0.05) is 19.6 Å². The molecule has 0 aliphatic heterocycles. The molecule has 0 spiro atoms. The minimum absolute atomic E-state index is 0.0134. The molecule has 108 valence electrons. The van der Waals surface area contributed by atoms with Gasteiger partial charge in [0.15, 0.2) is 0 Å². The maximum absolute atomic E-state index is 11.7. The molecule has 0 aliphatic rings. The Morgan fingerprint density at radius 2 is 1.72 bits per heavy atom. The van der Waals surface area contributed by atoms with Gasteiger partial charge in [0.1, 0.15) is 0 Å². The Morgan fingerprint density at radius 1 is 1.11 bits per heavy atom. The lowest BCUT2D eigenvalue weighted by Crippen LogP contribution is -2.42. The molecule has 0 atom stereocenters. The second-order valence-electron chi connectivity index (χ2n) is 3.48. The van der Waals surface area contributed by atoms with Crippen molar-refractivity contribution in [3.8, 4) is 0 Å². The fourth-order valence-electron chi connectivity index (χ4n) is 1.25. The lowest BCUT2D eigenvalue weighted by molar-refractivity contribution is 0.0778. The summed E-state index contributed by atoms with van der Waals surface area (Å²) in [5.74, 6) is 0. The van der Waals surface area contributed by atoms with Crippen molar-refractivity contribution in [3.05, 3.63) is 0 Å². The number of nitrogens with zero attached hydrogens (tertiary/aromatic N) is 1. The van der Waals surface area contributed by atoms with Crippen molar-refractivity contribution in [1.29, 1.82) is 0 Å². The molecular formula is C11H24N2O5. The van der Waals surface area contributed by atoms with Crippen LogP contribution in [0.4, 0.5) is 4.79 Å². The Bertz CT molecular complexity index is 204. The van der Waals surface area contributed by atoms with Gasteiger partial charge in [0.2, 0.25) is 0 Å². The topological polar surface area (TPSA) is 91.3 Å². The first-order valence-electron chi connectivity index (χ1n) is 6.16. The number of hydrogen-bond donors (Lipinski definition) is 3. The van der Waals surface area contributed by atoms with Gasteiger partial charge in [0.25, 0.3) is 0 Å². The van der Waals surface area contributed by atoms with E-state index in [-0.39, 0.29) is 32.5 Å². The van der Waals surface area contributed by atoms with Gasteiger partial charge in [-0.05, 0) is 6.92 Å². The summed E-state index contributed by atoms with van der Waals surface area (Å²) in [6.07, 6.45) is 0. The molecule has 0 heterocycles. The number of carbonyl (C=O) groups excluding carboxylic acids is 1. The molecule has 0 bridgehead atoms. The summed E-state index contributed by atoms with van der Waals surface area (Å²) < 4.78 is 10.1. The van der Waals surface area contributed by atoms with E-state index in [0.717, 1.165) is 0 Å². The molecular weight excluding hydrogens is 240 g/mol. The average Bonchev–Trinajstić information content (AvgIpc) is 2.38. The van der Waals surface area contributed by atoms with Crippen molar-refractivity contribution in [2.75, 3.05) is 59.3 Å². The van der Waals surface area contributed by atoms with Crippen LogP contribution in [0.1, 0.15) is 6.92 Å². The van der Waals surface area contributed by atoms with Crippen molar-refractivity contribution in [2.24, 2.45) is 0 Å². The zero-order valence-electron chi connectivity index (χ0n) is 10.9. The zero-order chi connectivity index (χ0) is 13.6. The standard InChI is InChI=1S/C11H24N2O5/c1-2-13(4-8-18-10-6-15)11(16)12-3-7-17-9-5-14/h14-15H,2-10H2,1H3,(H,12,16). The molecule has 7 nitrogen and oxygen atoms in total. The predicted octanol–water partition coefficient (Wildman–Crippen LogP) is -0.964. The molecule has 0 unspecified atom stereocenters. The van der Waals surface area contributed by atoms with E-state index in [9.17, 15) is 4.79 Å². The van der Waals surface area contributed by atoms with E-state index in [2.05, 4.69) is 5.32 Å². The first-order valence-corrected chi connectivity index (χ1v) is 6.16. The highest BCUT2D eigenvalue weighted by molar-refractivity contribution is 5.74. The molecule has 0 aromatic rings. The van der Waals surface area contributed by atoms with Crippen molar-refractivity contribution in [2.45, 2.75) is 6.92 Å². The maximum Gasteiger partial charge on any atom is 0.317 e. The van der Waals surface area contributed by atoms with Crippen molar-refractivity contribution in [1.82, 2.24) is 10.2 Å². The normalized spacial score (nSPS) is 10.4. The van der Waals surface area contributed by atoms with Crippen molar-refractivity contribution < 1.29 is 24.5 Å². The summed E-state index contributed by atoms with van der Waals surface area (Å²) in [6, 6.07) is -0.169. The molecule has 0 rings (SSSR count). The summed E-state index contributed by atoms with van der Waals surface area (Å²) in [6.45, 7) is 4.69. The van der Waals surface area contributed by atoms with E-state index in [4.69, 9.17) is 19.7 Å². The number of urea groups is 1. The Balaban J connectivity index is 3.61. The van der Waals surface area contributed by atoms with Gasteiger partial charge in [-0.1, -0.05) is 0 Å². The fraction of sp³-hybridized carbons (Fsp3) is 0.909. The number of ether oxygens (including phenoxy) is 2. The molecule has 0 saturated heterocycles. The van der Waals surface area contributed by atoms with Crippen LogP contribution in [0.25, 0.3) is 0 Å². The maximum atomic E-state index is 11.7. The molecule has 0 saturated carbocycles. The number of nitrogens with one attached hydrogen (secondary N) is 1. The predicted molar refractivity (Wildman–Crippen MR) is 66.5 cm³/mol. The van der Waals surface area contributed by atoms with Crippen LogP contribution in [0.2, 0.25) is 0 Å². The van der Waals surface area contributed by atoms with Crippen LogP contribution in [-0.2, 0) is 9.47 Å². The molecule has 2 amide bonds. The third kappa shape index (κ3) is 9.17. The Labute approximate surface area is 108 Å². The second-order valence-corrected chi connectivity index (χ2v) is 3.48. The first kappa shape index (κ1) is 17.1. The van der Waals surface area contributed by atoms with Gasteiger partial charge < -0.3 is 29.9 Å². The number of likely N-dealkylation sites (N-methyl/N-ethyl adjacent to an activating group) is 1. The molecule has 0 aromatic carbocycles. The van der Waals surface area contributed by atoms with Crippen molar-refractivity contribution >= 4 is 6.03 Å². The van der Waals surface area contributed by atoms with E-state index in [1.54, 1.807) is 4.90 Å². The Morgan fingerprint density at radius 3 is 2.28 bits per heavy atom. The van der Waals surface area contributed by atoms with E-state index < -0.39 is 0 Å². The van der Waals surface area contributed by atoms with Gasteiger partial charge in [-0.2, -0.15) is 0 Å². The van der Waals surface area contributed by atoms with Crippen LogP contribution < -0.4 is 5.32 Å². The van der Waals surface area contributed by atoms with E-state index in [0.29, 0.717) is 32.8 Å². The summed E-state index contributed by atoms with van der Waals surface area (Å²) >= 11 is 0. The Hall–Kier alpha value is -0.890. The molecule has 7 heteroatoms. The Kier molecular flexibility index (Phi) is 11.9. The molecule has 3 N–H and O–H groups in total. The van der Waals surface area contributed by atoms with Crippen LogP contribution in [0.15, 0.2) is 0 Å². The van der Waals surface area contributed by atoms with Gasteiger partial charge in [-0.3, -0.25) is 0 Å². The molecule has 0 fully saturated rings. The van der Waals surface area contributed by atoms with Gasteiger partial charge >= 0.3 is 6.03 Å². The fourth-order valence-corrected chi connectivity index (χ4v) is 1.25. The monoisotopic (exact) mass is 264 g/mol. The number of aliphatic hydroxyl groups excluding tert-OH is 2. The minimum Gasteiger partial charge on any atom is -0.394 e. The quantitative estimate of drug-likeness (QED) is 0.418. The van der Waals surface area contributed by atoms with Crippen LogP contribution in [0, 0.1) is 0 Å². The summed E-state index contributed by atoms with van der Waals surface area (Å²) in [7, 11) is 0. The van der Waals surface area contributed by atoms with Crippen LogP contribution >= 0.6 is 0 Å². The van der Waals surface area contributed by atoms with Gasteiger partial charge in [-0.15, -0.1) is 0 Å². The third-order valence-electron chi connectivity index (χ3n) is 2.17. The van der Waals surface area contributed by atoms with E-state index >= 15 is 0 Å². The summed E-state index contributed by atoms with van der Waals surface area (Å²) in [4.78, 5) is 13.3. The molecule has 0 aromatic heterocycles. The zero-order valence-corrected chi connectivity index (χ0v) is 10.9. The van der Waals surface area contributed by atoms with Crippen LogP contribution in [0.3, 0.4) is 0 Å². The summed E-state index contributed by atoms with van der Waals surface area (Å²) in [5, 5.41) is 19.7. The first-order chi connectivity index (χ1) is 8.76.